The second kappa shape index (κ2) is 5.80. The molecule has 0 aliphatic heterocycles. The molecule has 3 nitrogen and oxygen atoms in total. The maximum Gasteiger partial charge on any atom is 0.0955 e. The van der Waals surface area contributed by atoms with E-state index in [9.17, 15) is 0 Å². The molecule has 1 saturated carbocycles. The van der Waals surface area contributed by atoms with Crippen LogP contribution in [-0.4, -0.2) is 30.8 Å². The molecule has 0 bridgehead atoms. The molecule has 1 unspecified atom stereocenters. The first-order chi connectivity index (χ1) is 9.77. The number of benzene rings is 1. The Kier molecular flexibility index (Phi) is 4.06. The maximum absolute atomic E-state index is 5.91. The molecule has 108 valence electrons. The number of ether oxygens (including phenoxy) is 1. The van der Waals surface area contributed by atoms with Crippen LogP contribution in [-0.2, 0) is 11.2 Å². The smallest absolute Gasteiger partial charge is 0.0955 e. The predicted molar refractivity (Wildman–Crippen MR) is 84.4 cm³/mol. The number of likely N-dealkylation sites (N-methyl/N-ethyl adjacent to an activating group) is 1. The normalized spacial score (nSPS) is 19.5. The van der Waals surface area contributed by atoms with Gasteiger partial charge in [0.25, 0.3) is 0 Å². The summed E-state index contributed by atoms with van der Waals surface area (Å²) in [5.74, 6) is 0. The molecule has 1 aliphatic rings. The molecule has 2 aromatic rings. The lowest BCUT2D eigenvalue weighted by Gasteiger charge is -2.36. The first kappa shape index (κ1) is 14.0. The summed E-state index contributed by atoms with van der Waals surface area (Å²) in [6, 6.07) is 8.70. The van der Waals surface area contributed by atoms with Gasteiger partial charge in [-0.2, -0.15) is 0 Å². The molecule has 1 aliphatic carbocycles. The lowest BCUT2D eigenvalue weighted by atomic mass is 9.90. The van der Waals surface area contributed by atoms with Crippen LogP contribution in [0.1, 0.15) is 30.7 Å². The van der Waals surface area contributed by atoms with Gasteiger partial charge in [-0.05, 0) is 32.0 Å². The van der Waals surface area contributed by atoms with Crippen LogP contribution < -0.4 is 5.32 Å². The van der Waals surface area contributed by atoms with Crippen LogP contribution >= 0.6 is 11.3 Å². The van der Waals surface area contributed by atoms with Crippen LogP contribution in [0.5, 0.6) is 0 Å². The van der Waals surface area contributed by atoms with E-state index in [-0.39, 0.29) is 5.60 Å². The molecule has 1 fully saturated rings. The van der Waals surface area contributed by atoms with E-state index in [4.69, 9.17) is 9.72 Å². The standard InChI is InChI=1S/C16H22N2OS/c1-17-14(16(19-2)9-5-6-10-16)11-15-18-12-7-3-4-8-13(12)20-15/h3-4,7-8,14,17H,5-6,9-11H2,1-2H3. The topological polar surface area (TPSA) is 34.2 Å². The van der Waals surface area contributed by atoms with Gasteiger partial charge < -0.3 is 10.1 Å². The van der Waals surface area contributed by atoms with E-state index < -0.39 is 0 Å². The highest BCUT2D eigenvalue weighted by molar-refractivity contribution is 7.18. The number of hydrogen-bond acceptors (Lipinski definition) is 4. The van der Waals surface area contributed by atoms with E-state index in [0.29, 0.717) is 6.04 Å². The van der Waals surface area contributed by atoms with Crippen molar-refractivity contribution in [1.29, 1.82) is 0 Å². The number of nitrogens with zero attached hydrogens (tertiary/aromatic N) is 1. The molecule has 1 atom stereocenters. The van der Waals surface area contributed by atoms with Crippen molar-refractivity contribution in [2.45, 2.75) is 43.7 Å². The average molecular weight is 290 g/mol. The highest BCUT2D eigenvalue weighted by Gasteiger charge is 2.41. The molecule has 0 saturated heterocycles. The van der Waals surface area contributed by atoms with Crippen molar-refractivity contribution in [2.24, 2.45) is 0 Å². The maximum atomic E-state index is 5.91. The number of para-hydroxylation sites is 1. The first-order valence-corrected chi connectivity index (χ1v) is 8.16. The lowest BCUT2D eigenvalue weighted by molar-refractivity contribution is -0.0336. The molecule has 20 heavy (non-hydrogen) atoms. The Bertz CT molecular complexity index is 542. The summed E-state index contributed by atoms with van der Waals surface area (Å²) in [5.41, 5.74) is 1.10. The van der Waals surface area contributed by atoms with Crippen LogP contribution in [0, 0.1) is 0 Å². The van der Waals surface area contributed by atoms with E-state index >= 15 is 0 Å². The summed E-state index contributed by atoms with van der Waals surface area (Å²) in [4.78, 5) is 4.76. The van der Waals surface area contributed by atoms with Crippen molar-refractivity contribution < 1.29 is 4.74 Å². The number of thiazole rings is 1. The molecule has 0 radical (unpaired) electrons. The second-order valence-electron chi connectivity index (χ2n) is 5.60. The summed E-state index contributed by atoms with van der Waals surface area (Å²) >= 11 is 1.80. The minimum Gasteiger partial charge on any atom is -0.377 e. The number of aromatic nitrogens is 1. The third-order valence-electron chi connectivity index (χ3n) is 4.56. The van der Waals surface area contributed by atoms with Crippen LogP contribution in [0.2, 0.25) is 0 Å². The Morgan fingerprint density at radius 3 is 2.75 bits per heavy atom. The number of rotatable bonds is 5. The monoisotopic (exact) mass is 290 g/mol. The number of fused-ring (bicyclic) bond motifs is 1. The third-order valence-corrected chi connectivity index (χ3v) is 5.62. The zero-order valence-corrected chi connectivity index (χ0v) is 13.0. The molecule has 0 amide bonds. The average Bonchev–Trinajstić information content (AvgIpc) is 3.11. The van der Waals surface area contributed by atoms with Gasteiger partial charge in [-0.1, -0.05) is 25.0 Å². The second-order valence-corrected chi connectivity index (χ2v) is 6.71. The SMILES string of the molecule is CNC(Cc1nc2ccccc2s1)C1(OC)CCCC1. The van der Waals surface area contributed by atoms with Crippen LogP contribution in [0.15, 0.2) is 24.3 Å². The van der Waals surface area contributed by atoms with Crippen molar-refractivity contribution in [3.63, 3.8) is 0 Å². The molecule has 4 heteroatoms. The largest absolute Gasteiger partial charge is 0.377 e. The molecular weight excluding hydrogens is 268 g/mol. The minimum atomic E-state index is -0.00734. The Hall–Kier alpha value is -0.970. The molecule has 0 spiro atoms. The number of hydrogen-bond donors (Lipinski definition) is 1. The Balaban J connectivity index is 1.83. The summed E-state index contributed by atoms with van der Waals surface area (Å²) < 4.78 is 7.19. The van der Waals surface area contributed by atoms with E-state index in [0.717, 1.165) is 24.8 Å². The minimum absolute atomic E-state index is 0.00734. The van der Waals surface area contributed by atoms with Gasteiger partial charge in [-0.15, -0.1) is 11.3 Å². The van der Waals surface area contributed by atoms with Gasteiger partial charge in [0.05, 0.1) is 20.8 Å². The van der Waals surface area contributed by atoms with Crippen LogP contribution in [0.25, 0.3) is 10.2 Å². The van der Waals surface area contributed by atoms with E-state index in [1.165, 1.54) is 22.5 Å². The molecule has 1 aromatic heterocycles. The molecule has 1 heterocycles. The zero-order chi connectivity index (χ0) is 14.0. The lowest BCUT2D eigenvalue weighted by Crippen LogP contribution is -2.50. The summed E-state index contributed by atoms with van der Waals surface area (Å²) in [6.07, 6.45) is 5.79. The predicted octanol–water partition coefficient (Wildman–Crippen LogP) is 3.39. The van der Waals surface area contributed by atoms with Crippen molar-refractivity contribution in [1.82, 2.24) is 10.3 Å². The van der Waals surface area contributed by atoms with Gasteiger partial charge in [0.1, 0.15) is 0 Å². The third kappa shape index (κ3) is 2.48. The molecule has 1 N–H and O–H groups in total. The highest BCUT2D eigenvalue weighted by Crippen LogP contribution is 2.37. The Labute approximate surface area is 124 Å². The van der Waals surface area contributed by atoms with Crippen molar-refractivity contribution in [3.8, 4) is 0 Å². The molecular formula is C16H22N2OS. The fourth-order valence-corrected chi connectivity index (χ4v) is 4.41. The fraction of sp³-hybridized carbons (Fsp3) is 0.562. The number of methoxy groups -OCH3 is 1. The van der Waals surface area contributed by atoms with Gasteiger partial charge >= 0.3 is 0 Å². The fourth-order valence-electron chi connectivity index (χ4n) is 3.40. The molecule has 1 aromatic carbocycles. The Morgan fingerprint density at radius 2 is 2.10 bits per heavy atom. The first-order valence-electron chi connectivity index (χ1n) is 7.34. The zero-order valence-electron chi connectivity index (χ0n) is 12.2. The van der Waals surface area contributed by atoms with Crippen molar-refractivity contribution in [2.75, 3.05) is 14.2 Å². The van der Waals surface area contributed by atoms with Crippen LogP contribution in [0.4, 0.5) is 0 Å². The van der Waals surface area contributed by atoms with Gasteiger partial charge in [0.2, 0.25) is 0 Å². The van der Waals surface area contributed by atoms with Gasteiger partial charge in [0.15, 0.2) is 0 Å². The van der Waals surface area contributed by atoms with E-state index in [1.54, 1.807) is 11.3 Å². The van der Waals surface area contributed by atoms with Gasteiger partial charge in [0, 0.05) is 19.6 Å². The summed E-state index contributed by atoms with van der Waals surface area (Å²) in [5, 5.41) is 4.67. The highest BCUT2D eigenvalue weighted by atomic mass is 32.1. The van der Waals surface area contributed by atoms with Gasteiger partial charge in [-0.25, -0.2) is 4.98 Å². The van der Waals surface area contributed by atoms with E-state index in [1.807, 2.05) is 14.2 Å². The summed E-state index contributed by atoms with van der Waals surface area (Å²) in [6.45, 7) is 0. The molecule has 3 rings (SSSR count). The van der Waals surface area contributed by atoms with Crippen molar-refractivity contribution in [3.05, 3.63) is 29.3 Å². The van der Waals surface area contributed by atoms with Crippen LogP contribution in [0.3, 0.4) is 0 Å². The quantitative estimate of drug-likeness (QED) is 0.916. The van der Waals surface area contributed by atoms with Gasteiger partial charge in [-0.3, -0.25) is 0 Å². The van der Waals surface area contributed by atoms with E-state index in [2.05, 4.69) is 29.6 Å². The number of nitrogens with one attached hydrogen (secondary N) is 1. The Morgan fingerprint density at radius 1 is 1.35 bits per heavy atom. The summed E-state index contributed by atoms with van der Waals surface area (Å²) in [7, 11) is 3.89. The van der Waals surface area contributed by atoms with Crippen molar-refractivity contribution >= 4 is 21.6 Å².